The minimum Gasteiger partial charge on any atom is -0.442 e. The molecule has 0 radical (unpaired) electrons. The summed E-state index contributed by atoms with van der Waals surface area (Å²) in [5, 5.41) is 8.47. The molecule has 0 aliphatic rings. The van der Waals surface area contributed by atoms with E-state index in [-0.39, 0.29) is 13.2 Å². The number of amides is 1. The van der Waals surface area contributed by atoms with E-state index < -0.39 is 11.7 Å². The third-order valence-electron chi connectivity index (χ3n) is 1.86. The maximum absolute atomic E-state index is 11.2. The van der Waals surface area contributed by atoms with Crippen molar-refractivity contribution in [2.75, 3.05) is 52.9 Å². The molecule has 0 aliphatic heterocycles. The van der Waals surface area contributed by atoms with Gasteiger partial charge in [0.1, 0.15) is 5.60 Å². The normalized spacial score (nSPS) is 11.4. The number of carbonyl (C=O) groups excluding carboxylic acids is 1. The standard InChI is InChI=1S/C13H27NO7/c1-13(2,3)21-12(16)14-20-11-10-19-9-8-18-7-6-17-5-4-15/h15H,4-11H2,1-3H3,(H,14,16). The lowest BCUT2D eigenvalue weighted by atomic mass is 10.2. The van der Waals surface area contributed by atoms with Gasteiger partial charge in [-0.25, -0.2) is 4.79 Å². The van der Waals surface area contributed by atoms with Gasteiger partial charge < -0.3 is 24.1 Å². The molecular formula is C13H27NO7. The van der Waals surface area contributed by atoms with Gasteiger partial charge in [0.15, 0.2) is 0 Å². The fraction of sp³-hybridized carbons (Fsp3) is 0.923. The number of aliphatic hydroxyl groups excluding tert-OH is 1. The third kappa shape index (κ3) is 17.0. The number of rotatable bonds is 12. The van der Waals surface area contributed by atoms with Crippen LogP contribution >= 0.6 is 0 Å². The molecule has 8 heteroatoms. The number of hydrogen-bond donors (Lipinski definition) is 2. The number of nitrogens with one attached hydrogen (secondary N) is 1. The summed E-state index contributed by atoms with van der Waals surface area (Å²) in [6.45, 7) is 7.97. The first-order chi connectivity index (χ1) is 9.95. The molecule has 0 aromatic heterocycles. The van der Waals surface area contributed by atoms with Crippen molar-refractivity contribution in [3.05, 3.63) is 0 Å². The molecule has 21 heavy (non-hydrogen) atoms. The Bertz CT molecular complexity index is 255. The zero-order valence-corrected chi connectivity index (χ0v) is 13.1. The Morgan fingerprint density at radius 2 is 1.38 bits per heavy atom. The van der Waals surface area contributed by atoms with Crippen LogP contribution in [0.1, 0.15) is 20.8 Å². The lowest BCUT2D eigenvalue weighted by Gasteiger charge is -2.19. The van der Waals surface area contributed by atoms with Gasteiger partial charge in [0, 0.05) is 0 Å². The molecule has 0 saturated carbocycles. The Balaban J connectivity index is 3.17. The quantitative estimate of drug-likeness (QED) is 0.400. The molecule has 1 amide bonds. The van der Waals surface area contributed by atoms with Gasteiger partial charge >= 0.3 is 6.09 Å². The van der Waals surface area contributed by atoms with Gasteiger partial charge in [-0.2, -0.15) is 5.48 Å². The molecule has 2 N–H and O–H groups in total. The summed E-state index contributed by atoms with van der Waals surface area (Å²) >= 11 is 0. The fourth-order valence-corrected chi connectivity index (χ4v) is 1.12. The minimum absolute atomic E-state index is 0.0143. The van der Waals surface area contributed by atoms with Crippen LogP contribution in [0.5, 0.6) is 0 Å². The summed E-state index contributed by atoms with van der Waals surface area (Å²) in [6.07, 6.45) is -0.631. The van der Waals surface area contributed by atoms with Gasteiger partial charge in [-0.1, -0.05) is 0 Å². The van der Waals surface area contributed by atoms with Crippen LogP contribution in [-0.2, 0) is 23.8 Å². The van der Waals surface area contributed by atoms with Crippen molar-refractivity contribution in [3.8, 4) is 0 Å². The van der Waals surface area contributed by atoms with Crippen LogP contribution in [0.25, 0.3) is 0 Å². The summed E-state index contributed by atoms with van der Waals surface area (Å²) in [5.41, 5.74) is 1.61. The molecule has 126 valence electrons. The molecular weight excluding hydrogens is 282 g/mol. The lowest BCUT2D eigenvalue weighted by molar-refractivity contribution is -0.0360. The average molecular weight is 309 g/mol. The molecule has 0 aliphatic carbocycles. The summed E-state index contributed by atoms with van der Waals surface area (Å²) in [6, 6.07) is 0. The summed E-state index contributed by atoms with van der Waals surface area (Å²) < 4.78 is 20.4. The van der Waals surface area contributed by atoms with Crippen LogP contribution in [-0.4, -0.2) is 69.7 Å². The van der Waals surface area contributed by atoms with Crippen LogP contribution in [0.2, 0.25) is 0 Å². The Labute approximate surface area is 125 Å². The highest BCUT2D eigenvalue weighted by Crippen LogP contribution is 2.06. The number of aliphatic hydroxyl groups is 1. The van der Waals surface area contributed by atoms with Crippen molar-refractivity contribution in [1.29, 1.82) is 0 Å². The molecule has 0 fully saturated rings. The number of hydrogen-bond acceptors (Lipinski definition) is 7. The fourth-order valence-electron chi connectivity index (χ4n) is 1.12. The van der Waals surface area contributed by atoms with Crippen molar-refractivity contribution in [2.45, 2.75) is 26.4 Å². The van der Waals surface area contributed by atoms with Crippen molar-refractivity contribution >= 4 is 6.09 Å². The first-order valence-electron chi connectivity index (χ1n) is 6.90. The molecule has 0 rings (SSSR count). The van der Waals surface area contributed by atoms with Crippen LogP contribution in [0.4, 0.5) is 4.79 Å². The highest BCUT2D eigenvalue weighted by molar-refractivity contribution is 5.66. The monoisotopic (exact) mass is 309 g/mol. The second-order valence-corrected chi connectivity index (χ2v) is 5.01. The Morgan fingerprint density at radius 1 is 0.905 bits per heavy atom. The second kappa shape index (κ2) is 12.8. The maximum Gasteiger partial charge on any atom is 0.431 e. The van der Waals surface area contributed by atoms with Gasteiger partial charge in [0.2, 0.25) is 0 Å². The van der Waals surface area contributed by atoms with E-state index in [0.29, 0.717) is 39.6 Å². The molecule has 0 atom stereocenters. The molecule has 0 spiro atoms. The van der Waals surface area contributed by atoms with E-state index in [0.717, 1.165) is 0 Å². The highest BCUT2D eigenvalue weighted by atomic mass is 16.7. The highest BCUT2D eigenvalue weighted by Gasteiger charge is 2.15. The smallest absolute Gasteiger partial charge is 0.431 e. The van der Waals surface area contributed by atoms with Crippen molar-refractivity contribution in [3.63, 3.8) is 0 Å². The minimum atomic E-state index is -0.631. The summed E-state index contributed by atoms with van der Waals surface area (Å²) in [4.78, 5) is 16.1. The lowest BCUT2D eigenvalue weighted by Crippen LogP contribution is -2.33. The van der Waals surface area contributed by atoms with Gasteiger partial charge in [-0.05, 0) is 20.8 Å². The van der Waals surface area contributed by atoms with Crippen LogP contribution in [0.3, 0.4) is 0 Å². The topological polar surface area (TPSA) is 95.5 Å². The zero-order valence-electron chi connectivity index (χ0n) is 13.1. The Morgan fingerprint density at radius 3 is 1.86 bits per heavy atom. The van der Waals surface area contributed by atoms with Gasteiger partial charge in [0.25, 0.3) is 0 Å². The molecule has 0 aromatic carbocycles. The van der Waals surface area contributed by atoms with Crippen LogP contribution in [0.15, 0.2) is 0 Å². The molecule has 0 unspecified atom stereocenters. The van der Waals surface area contributed by atoms with Gasteiger partial charge in [-0.15, -0.1) is 0 Å². The number of hydroxylamine groups is 1. The average Bonchev–Trinajstić information content (AvgIpc) is 2.38. The van der Waals surface area contributed by atoms with Gasteiger partial charge in [-0.3, -0.25) is 4.84 Å². The summed E-state index contributed by atoms with van der Waals surface area (Å²) in [5.74, 6) is 0. The first kappa shape index (κ1) is 20.1. The molecule has 0 bridgehead atoms. The summed E-state index contributed by atoms with van der Waals surface area (Å²) in [7, 11) is 0. The van der Waals surface area contributed by atoms with Crippen LogP contribution < -0.4 is 5.48 Å². The van der Waals surface area contributed by atoms with Crippen molar-refractivity contribution < 1.29 is 33.7 Å². The van der Waals surface area contributed by atoms with E-state index in [1.807, 2.05) is 0 Å². The van der Waals surface area contributed by atoms with E-state index in [2.05, 4.69) is 5.48 Å². The number of carbonyl (C=O) groups is 1. The first-order valence-corrected chi connectivity index (χ1v) is 6.90. The van der Waals surface area contributed by atoms with E-state index in [1.165, 1.54) is 0 Å². The Kier molecular flexibility index (Phi) is 12.2. The molecule has 0 heterocycles. The Hall–Kier alpha value is -0.930. The predicted molar refractivity (Wildman–Crippen MR) is 74.9 cm³/mol. The largest absolute Gasteiger partial charge is 0.442 e. The molecule has 0 saturated heterocycles. The van der Waals surface area contributed by atoms with Gasteiger partial charge in [0.05, 0.1) is 52.9 Å². The van der Waals surface area contributed by atoms with E-state index in [9.17, 15) is 4.79 Å². The number of ether oxygens (including phenoxy) is 4. The van der Waals surface area contributed by atoms with Crippen molar-refractivity contribution in [2.24, 2.45) is 0 Å². The van der Waals surface area contributed by atoms with E-state index >= 15 is 0 Å². The maximum atomic E-state index is 11.2. The third-order valence-corrected chi connectivity index (χ3v) is 1.86. The van der Waals surface area contributed by atoms with Crippen molar-refractivity contribution in [1.82, 2.24) is 5.48 Å². The molecule has 8 nitrogen and oxygen atoms in total. The SMILES string of the molecule is CC(C)(C)OC(=O)NOCCOCCOCCOCCO. The predicted octanol–water partition coefficient (Wildman–Crippen LogP) is 0.485. The van der Waals surface area contributed by atoms with E-state index in [4.69, 9.17) is 28.9 Å². The zero-order chi connectivity index (χ0) is 16.0. The molecule has 0 aromatic rings. The van der Waals surface area contributed by atoms with Crippen LogP contribution in [0, 0.1) is 0 Å². The van der Waals surface area contributed by atoms with E-state index in [1.54, 1.807) is 20.8 Å². The second-order valence-electron chi connectivity index (χ2n) is 5.01.